The summed E-state index contributed by atoms with van der Waals surface area (Å²) in [4.78, 5) is 14.8. The number of benzene rings is 1. The fourth-order valence-electron chi connectivity index (χ4n) is 3.40. The molecule has 2 aromatic rings. The SMILES string of the molecule is CC1(C)[C@H](C(=O)OCc2c(C(F)(F)F)[nH]c3ccccc23)[C@@H]1C=C(Br)Br. The van der Waals surface area contributed by atoms with E-state index < -0.39 is 24.4 Å². The number of H-pyrrole nitrogens is 1. The van der Waals surface area contributed by atoms with Crippen LogP contribution in [0.2, 0.25) is 0 Å². The number of aromatic nitrogens is 1. The lowest BCUT2D eigenvalue weighted by atomic mass is 10.1. The first-order valence-electron chi connectivity index (χ1n) is 7.89. The second-order valence-electron chi connectivity index (χ2n) is 6.91. The van der Waals surface area contributed by atoms with Crippen molar-refractivity contribution >= 4 is 48.7 Å². The highest BCUT2D eigenvalue weighted by atomic mass is 79.9. The van der Waals surface area contributed by atoms with E-state index >= 15 is 0 Å². The molecule has 1 heterocycles. The van der Waals surface area contributed by atoms with Crippen molar-refractivity contribution in [1.82, 2.24) is 4.98 Å². The zero-order chi connectivity index (χ0) is 19.3. The second-order valence-corrected chi connectivity index (χ2v) is 9.68. The minimum Gasteiger partial charge on any atom is -0.460 e. The standard InChI is InChI=1S/C18H16Br2F3NO2/c1-17(2)11(7-13(19)20)14(17)16(25)26-8-10-9-5-3-4-6-12(9)24-15(10)18(21,22)23/h3-7,11,14,24H,8H2,1-2H3/t11-,14-/m0/s1. The first-order valence-corrected chi connectivity index (χ1v) is 9.48. The van der Waals surface area contributed by atoms with Gasteiger partial charge in [-0.3, -0.25) is 4.79 Å². The van der Waals surface area contributed by atoms with Gasteiger partial charge in [0, 0.05) is 16.5 Å². The zero-order valence-electron chi connectivity index (χ0n) is 14.0. The predicted octanol–water partition coefficient (Wildman–Crippen LogP) is 6.13. The van der Waals surface area contributed by atoms with Gasteiger partial charge in [-0.25, -0.2) is 0 Å². The summed E-state index contributed by atoms with van der Waals surface area (Å²) in [6.45, 7) is 3.43. The van der Waals surface area contributed by atoms with E-state index in [2.05, 4.69) is 36.8 Å². The molecule has 0 unspecified atom stereocenters. The van der Waals surface area contributed by atoms with E-state index in [-0.39, 0.29) is 22.8 Å². The highest BCUT2D eigenvalue weighted by Crippen LogP contribution is 2.60. The summed E-state index contributed by atoms with van der Waals surface area (Å²) < 4.78 is 46.0. The molecule has 1 fully saturated rings. The molecule has 26 heavy (non-hydrogen) atoms. The Labute approximate surface area is 165 Å². The van der Waals surface area contributed by atoms with Crippen LogP contribution in [0, 0.1) is 17.3 Å². The quantitative estimate of drug-likeness (QED) is 0.519. The van der Waals surface area contributed by atoms with Crippen molar-refractivity contribution < 1.29 is 22.7 Å². The number of halogens is 5. The number of nitrogens with one attached hydrogen (secondary N) is 1. The van der Waals surface area contributed by atoms with E-state index in [1.54, 1.807) is 24.3 Å². The fraction of sp³-hybridized carbons (Fsp3) is 0.389. The van der Waals surface area contributed by atoms with Gasteiger partial charge in [0.25, 0.3) is 0 Å². The van der Waals surface area contributed by atoms with Gasteiger partial charge in [-0.2, -0.15) is 13.2 Å². The van der Waals surface area contributed by atoms with E-state index in [1.165, 1.54) is 0 Å². The number of aromatic amines is 1. The molecule has 0 radical (unpaired) electrons. The summed E-state index contributed by atoms with van der Waals surface area (Å²) in [6.07, 6.45) is -2.69. The minimum atomic E-state index is -4.55. The Kier molecular flexibility index (Phi) is 5.03. The van der Waals surface area contributed by atoms with Crippen molar-refractivity contribution in [3.05, 3.63) is 45.0 Å². The van der Waals surface area contributed by atoms with Gasteiger partial charge in [0.15, 0.2) is 0 Å². The number of rotatable bonds is 4. The molecule has 3 rings (SSSR count). The van der Waals surface area contributed by atoms with Crippen LogP contribution in [0.1, 0.15) is 25.1 Å². The van der Waals surface area contributed by atoms with E-state index in [1.807, 2.05) is 19.9 Å². The molecule has 0 amide bonds. The van der Waals surface area contributed by atoms with Crippen LogP contribution < -0.4 is 0 Å². The molecule has 0 bridgehead atoms. The number of hydrogen-bond acceptors (Lipinski definition) is 2. The van der Waals surface area contributed by atoms with Crippen molar-refractivity contribution in [2.24, 2.45) is 17.3 Å². The predicted molar refractivity (Wildman–Crippen MR) is 99.8 cm³/mol. The number of carbonyl (C=O) groups is 1. The Morgan fingerprint density at radius 2 is 1.96 bits per heavy atom. The second kappa shape index (κ2) is 6.71. The summed E-state index contributed by atoms with van der Waals surface area (Å²) in [7, 11) is 0. The topological polar surface area (TPSA) is 42.1 Å². The largest absolute Gasteiger partial charge is 0.460 e. The molecule has 1 aliphatic rings. The lowest BCUT2D eigenvalue weighted by Gasteiger charge is -2.10. The highest BCUT2D eigenvalue weighted by Gasteiger charge is 2.61. The normalized spacial score (nSPS) is 21.5. The Bertz CT molecular complexity index is 882. The molecule has 0 saturated heterocycles. The van der Waals surface area contributed by atoms with Crippen LogP contribution in [0.5, 0.6) is 0 Å². The minimum absolute atomic E-state index is 0.0335. The molecule has 1 aromatic heterocycles. The molecular weight excluding hydrogens is 479 g/mol. The zero-order valence-corrected chi connectivity index (χ0v) is 17.1. The average molecular weight is 495 g/mol. The maximum Gasteiger partial charge on any atom is 0.431 e. The molecule has 0 spiro atoms. The van der Waals surface area contributed by atoms with E-state index in [0.29, 0.717) is 10.9 Å². The molecule has 2 atom stereocenters. The maximum atomic E-state index is 13.3. The van der Waals surface area contributed by atoms with Crippen molar-refractivity contribution in [3.8, 4) is 0 Å². The molecule has 1 aromatic carbocycles. The molecule has 3 nitrogen and oxygen atoms in total. The third-order valence-corrected chi connectivity index (χ3v) is 5.45. The van der Waals surface area contributed by atoms with Gasteiger partial charge in [0.05, 0.1) is 9.31 Å². The van der Waals surface area contributed by atoms with Crippen molar-refractivity contribution in [2.45, 2.75) is 26.6 Å². The Morgan fingerprint density at radius 3 is 2.58 bits per heavy atom. The van der Waals surface area contributed by atoms with Gasteiger partial charge in [-0.05, 0) is 49.3 Å². The van der Waals surface area contributed by atoms with Crippen LogP contribution in [0.3, 0.4) is 0 Å². The smallest absolute Gasteiger partial charge is 0.431 e. The maximum absolute atomic E-state index is 13.3. The van der Waals surface area contributed by atoms with Crippen LogP contribution in [-0.2, 0) is 22.3 Å². The van der Waals surface area contributed by atoms with Crippen LogP contribution in [0.4, 0.5) is 13.2 Å². The number of hydrogen-bond donors (Lipinski definition) is 1. The van der Waals surface area contributed by atoms with E-state index in [4.69, 9.17) is 4.74 Å². The van der Waals surface area contributed by atoms with Crippen LogP contribution in [-0.4, -0.2) is 11.0 Å². The summed E-state index contributed by atoms with van der Waals surface area (Å²) in [5, 5.41) is 0.405. The van der Waals surface area contributed by atoms with Crippen LogP contribution in [0.25, 0.3) is 10.9 Å². The number of esters is 1. The summed E-state index contributed by atoms with van der Waals surface area (Å²) in [6, 6.07) is 6.45. The molecule has 1 saturated carbocycles. The number of ether oxygens (including phenoxy) is 1. The number of alkyl halides is 3. The lowest BCUT2D eigenvalue weighted by molar-refractivity contribution is -0.150. The number of allylic oxidation sites excluding steroid dienone is 1. The third kappa shape index (κ3) is 3.58. The Hall–Kier alpha value is -1.28. The molecule has 1 aliphatic carbocycles. The van der Waals surface area contributed by atoms with E-state index in [0.717, 1.165) is 3.39 Å². The summed E-state index contributed by atoms with van der Waals surface area (Å²) in [5.41, 5.74) is -0.853. The van der Waals surface area contributed by atoms with Gasteiger partial charge in [-0.1, -0.05) is 38.1 Å². The number of para-hydroxylation sites is 1. The molecule has 0 aliphatic heterocycles. The van der Waals surface area contributed by atoms with Crippen molar-refractivity contribution in [3.63, 3.8) is 0 Å². The van der Waals surface area contributed by atoms with Crippen molar-refractivity contribution in [1.29, 1.82) is 0 Å². The van der Waals surface area contributed by atoms with E-state index in [9.17, 15) is 18.0 Å². The first kappa shape index (κ1) is 19.5. The lowest BCUT2D eigenvalue weighted by Crippen LogP contribution is -2.14. The van der Waals surface area contributed by atoms with Gasteiger partial charge in [-0.15, -0.1) is 0 Å². The number of fused-ring (bicyclic) bond motifs is 1. The fourth-order valence-corrected chi connectivity index (χ4v) is 3.97. The van der Waals surface area contributed by atoms with Gasteiger partial charge < -0.3 is 9.72 Å². The monoisotopic (exact) mass is 493 g/mol. The van der Waals surface area contributed by atoms with Crippen LogP contribution in [0.15, 0.2) is 33.7 Å². The van der Waals surface area contributed by atoms with Gasteiger partial charge in [0.1, 0.15) is 12.3 Å². The Balaban J connectivity index is 1.82. The molecule has 8 heteroatoms. The van der Waals surface area contributed by atoms with Gasteiger partial charge in [0.2, 0.25) is 0 Å². The summed E-state index contributed by atoms with van der Waals surface area (Å²) in [5.74, 6) is -0.906. The average Bonchev–Trinajstić information content (AvgIpc) is 2.90. The van der Waals surface area contributed by atoms with Crippen molar-refractivity contribution in [2.75, 3.05) is 0 Å². The molecule has 140 valence electrons. The third-order valence-electron chi connectivity index (χ3n) is 4.93. The number of carbonyl (C=O) groups excluding carboxylic acids is 1. The van der Waals surface area contributed by atoms with Gasteiger partial charge >= 0.3 is 12.1 Å². The molecular formula is C18H16Br2F3NO2. The molecule has 1 N–H and O–H groups in total. The Morgan fingerprint density at radius 1 is 1.31 bits per heavy atom. The first-order chi connectivity index (χ1) is 12.0. The summed E-state index contributed by atoms with van der Waals surface area (Å²) >= 11 is 6.54. The van der Waals surface area contributed by atoms with Crippen LogP contribution >= 0.6 is 31.9 Å². The highest BCUT2D eigenvalue weighted by molar-refractivity contribution is 9.28.